The normalized spacial score (nSPS) is 51.0. The zero-order chi connectivity index (χ0) is 61.6. The maximum atomic E-state index is 14.3. The molecule has 0 spiro atoms. The number of aliphatic hydroxyl groups excluding tert-OH is 11. The first kappa shape index (κ1) is 70.1. The molecular weight excluding hydrogens is 1160 g/mol. The Morgan fingerprint density at radius 3 is 1.74 bits per heavy atom. The van der Waals surface area contributed by atoms with Crippen LogP contribution in [0.3, 0.4) is 0 Å². The number of fused-ring (bicyclic) bond motifs is 5. The van der Waals surface area contributed by atoms with Gasteiger partial charge in [0.1, 0.15) is 85.5 Å². The number of carbonyl (C=O) groups excluding carboxylic acids is 1. The molecule has 9 rings (SSSR count). The van der Waals surface area contributed by atoms with Crippen molar-refractivity contribution in [2.24, 2.45) is 40.4 Å². The van der Waals surface area contributed by atoms with Crippen molar-refractivity contribution in [1.82, 2.24) is 0 Å². The number of allylic oxidation sites excluding steroid dienone is 3. The minimum atomic E-state index is -5.11. The van der Waals surface area contributed by atoms with Crippen LogP contribution < -0.4 is 29.6 Å². The van der Waals surface area contributed by atoms with Crippen molar-refractivity contribution in [2.75, 3.05) is 0 Å². The van der Waals surface area contributed by atoms with Crippen LogP contribution in [-0.4, -0.2) is 241 Å². The van der Waals surface area contributed by atoms with E-state index in [0.717, 1.165) is 24.8 Å². The number of hydrogen-bond donors (Lipinski definition) is 11. The third-order valence-corrected chi connectivity index (χ3v) is 20.9. The molecule has 28 heteroatoms. The van der Waals surface area contributed by atoms with E-state index in [-0.39, 0.29) is 71.5 Å². The fraction of sp³-hybridized carbons (Fsp3) is 0.912. The van der Waals surface area contributed by atoms with Crippen LogP contribution in [-0.2, 0) is 66.7 Å². The van der Waals surface area contributed by atoms with Crippen molar-refractivity contribution in [3.63, 3.8) is 0 Å². The van der Waals surface area contributed by atoms with Crippen LogP contribution in [0.25, 0.3) is 0 Å². The maximum Gasteiger partial charge on any atom is 1.00 e. The average Bonchev–Trinajstić information content (AvgIpc) is 1.75. The quantitative estimate of drug-likeness (QED) is 0.0306. The minimum absolute atomic E-state index is 0. The Balaban J connectivity index is 0.00000940. The molecule has 1 unspecified atom stereocenters. The molecule has 26 nitrogen and oxygen atoms in total. The molecule has 3 saturated carbocycles. The molecule has 5 aliphatic heterocycles. The van der Waals surface area contributed by atoms with Gasteiger partial charge in [-0.2, -0.15) is 0 Å². The van der Waals surface area contributed by atoms with Gasteiger partial charge in [-0.25, -0.2) is 8.42 Å². The van der Waals surface area contributed by atoms with Gasteiger partial charge in [-0.05, 0) is 140 Å². The summed E-state index contributed by atoms with van der Waals surface area (Å²) in [5.41, 5.74) is 1.49. The minimum Gasteiger partial charge on any atom is -0.726 e. The molecule has 5 saturated heterocycles. The molecule has 11 N–H and O–H groups in total. The second-order valence-corrected chi connectivity index (χ2v) is 27.3. The molecule has 8 fully saturated rings. The zero-order valence-corrected chi connectivity index (χ0v) is 53.1. The fourth-order valence-corrected chi connectivity index (χ4v) is 16.3. The SMILES string of the molecule is CC(C)=CC(O)C[C@@H](C)[C@H]1CC[C@H]2[C@@H]3C[C@H](O[C@@H]4O[C@H](C)C(=O)[C@H](O[C@@H]5O[C@H](C)[C@@H](O[C@@H]6O[C@H](C)[C@H](O)[C@H](O)[C@H]6O[C@@H]6O[C@H](C)[C@H](O)[C@H](O)[C@H]6O)[C@H](O)[C@H]5O[C@@H]5O[C@H](C)[C@@H](O)[C@H](O)[C@H]5O)[C@H]4O)[C@H]4C[C@@H](OS(=O)(=O)[O-])CC[C@]4(C)C3=CC[C@]12C.[Na+]. The summed E-state index contributed by atoms with van der Waals surface area (Å²) >= 11 is 0. The summed E-state index contributed by atoms with van der Waals surface area (Å²) in [6.45, 7) is 17.6. The summed E-state index contributed by atoms with van der Waals surface area (Å²) in [4.78, 5) is 14.3. The van der Waals surface area contributed by atoms with Crippen molar-refractivity contribution < 1.29 is 155 Å². The molecule has 0 aromatic rings. The van der Waals surface area contributed by atoms with Crippen LogP contribution in [0.15, 0.2) is 23.3 Å². The molecule has 0 aromatic carbocycles. The van der Waals surface area contributed by atoms with Gasteiger partial charge in [-0.15, -0.1) is 0 Å². The first-order valence-electron chi connectivity index (χ1n) is 29.8. The molecule has 4 aliphatic carbocycles. The summed E-state index contributed by atoms with van der Waals surface area (Å²) in [7, 11) is -5.11. The van der Waals surface area contributed by atoms with Crippen LogP contribution in [0.1, 0.15) is 121 Å². The van der Waals surface area contributed by atoms with Gasteiger partial charge in [0.15, 0.2) is 43.3 Å². The largest absolute Gasteiger partial charge is 1.00 e. The van der Waals surface area contributed by atoms with E-state index in [1.165, 1.54) is 40.2 Å². The number of ether oxygens (including phenoxy) is 10. The molecular formula is C57H91NaO26S. The van der Waals surface area contributed by atoms with Gasteiger partial charge in [0.05, 0.1) is 42.7 Å². The van der Waals surface area contributed by atoms with Crippen molar-refractivity contribution in [3.8, 4) is 0 Å². The van der Waals surface area contributed by atoms with E-state index in [1.54, 1.807) is 0 Å². The summed E-state index contributed by atoms with van der Waals surface area (Å²) in [6.07, 6.45) is -33.4. The van der Waals surface area contributed by atoms with Crippen LogP contribution >= 0.6 is 0 Å². The molecule has 0 bridgehead atoms. The third kappa shape index (κ3) is 14.1. The predicted octanol–water partition coefficient (Wildman–Crippen LogP) is -3.79. The molecule has 0 aromatic heterocycles. The van der Waals surface area contributed by atoms with E-state index >= 15 is 0 Å². The van der Waals surface area contributed by atoms with Gasteiger partial charge < -0.3 is 108 Å². The van der Waals surface area contributed by atoms with E-state index in [9.17, 15) is 73.9 Å². The standard InChI is InChI=1S/C57H92O26S.Na/c1-21(2)17-28(58)18-22(3)31-11-12-32-30-20-35(34-19-29(83-84(70,71)72)13-15-57(34,10)33(30)14-16-56(31,32)9)78-53-46(69)48(39(62)26(7)75-53)80-55-50(82-52-44(67)41(64)37(60)24(5)74-52)45(68)47(27(8)77-55)79-54-49(42(65)38(61)25(6)76-54)81-51-43(66)40(63)36(59)23(4)73-51;/h14,17,22-32,34-38,40-55,58-61,63-69H,11-13,15-16,18-20H2,1-10H3,(H,70,71,72);/q;+1/p-1/t22-,23-,24-,25-,26-,27-,28?,29+,30+,31-,32+,34-,35+,36+,37-,38+,40+,41+,42+,43-,44-,45+,46-,47-,48+,49-,50-,51+,52+,53+,54+,55+,56-,57-;/m1./s1. The molecule has 9 aliphatic rings. The van der Waals surface area contributed by atoms with E-state index in [1.807, 2.05) is 19.9 Å². The number of carbonyl (C=O) groups is 1. The van der Waals surface area contributed by atoms with Crippen LogP contribution in [0, 0.1) is 40.4 Å². The van der Waals surface area contributed by atoms with Gasteiger partial charge in [0.2, 0.25) is 10.4 Å². The van der Waals surface area contributed by atoms with E-state index < -0.39 is 193 Å². The van der Waals surface area contributed by atoms with Gasteiger partial charge in [0.25, 0.3) is 0 Å². The second kappa shape index (κ2) is 27.4. The van der Waals surface area contributed by atoms with Crippen molar-refractivity contribution >= 4 is 16.2 Å². The van der Waals surface area contributed by atoms with Gasteiger partial charge in [-0.3, -0.25) is 8.98 Å². The molecule has 482 valence electrons. The van der Waals surface area contributed by atoms with Crippen LogP contribution in [0.2, 0.25) is 0 Å². The number of aliphatic hydroxyl groups is 11. The first-order chi connectivity index (χ1) is 39.2. The molecule has 0 amide bonds. The van der Waals surface area contributed by atoms with E-state index in [2.05, 4.69) is 26.8 Å². The fourth-order valence-electron chi connectivity index (χ4n) is 15.8. The molecule has 34 atom stereocenters. The van der Waals surface area contributed by atoms with Crippen molar-refractivity contribution in [2.45, 2.75) is 286 Å². The van der Waals surface area contributed by atoms with E-state index in [0.29, 0.717) is 19.3 Å². The summed E-state index contributed by atoms with van der Waals surface area (Å²) < 4.78 is 103. The Bertz CT molecular complexity index is 2460. The predicted molar refractivity (Wildman–Crippen MR) is 285 cm³/mol. The van der Waals surface area contributed by atoms with Crippen molar-refractivity contribution in [3.05, 3.63) is 23.3 Å². The number of hydrogen-bond acceptors (Lipinski definition) is 26. The number of ketones is 1. The average molecular weight is 1250 g/mol. The molecule has 0 radical (unpaired) electrons. The Kier molecular flexibility index (Phi) is 22.6. The number of rotatable bonds is 16. The molecule has 85 heavy (non-hydrogen) atoms. The zero-order valence-electron chi connectivity index (χ0n) is 50.2. The first-order valence-corrected chi connectivity index (χ1v) is 31.1. The monoisotopic (exact) mass is 1250 g/mol. The maximum absolute atomic E-state index is 14.3. The Morgan fingerprint density at radius 2 is 1.16 bits per heavy atom. The van der Waals surface area contributed by atoms with Crippen molar-refractivity contribution in [1.29, 1.82) is 0 Å². The van der Waals surface area contributed by atoms with Gasteiger partial charge in [-0.1, -0.05) is 44.1 Å². The smallest absolute Gasteiger partial charge is 0.726 e. The summed E-state index contributed by atoms with van der Waals surface area (Å²) in [5, 5.41) is 122. The second-order valence-electron chi connectivity index (χ2n) is 26.3. The molecule has 5 heterocycles. The Hall–Kier alpha value is -0.820. The third-order valence-electron chi connectivity index (χ3n) is 20.4. The van der Waals surface area contributed by atoms with E-state index in [4.69, 9.17) is 51.6 Å². The Labute approximate surface area is 518 Å². The van der Waals surface area contributed by atoms with Crippen LogP contribution in [0.4, 0.5) is 0 Å². The van der Waals surface area contributed by atoms with Crippen LogP contribution in [0.5, 0.6) is 0 Å². The number of Topliss-reactive ketones (excluding diaryl/α,β-unsaturated/α-hetero) is 1. The summed E-state index contributed by atoms with van der Waals surface area (Å²) in [5.74, 6) is -0.674. The van der Waals surface area contributed by atoms with Gasteiger partial charge >= 0.3 is 29.6 Å². The van der Waals surface area contributed by atoms with Gasteiger partial charge in [0, 0.05) is 0 Å². The summed E-state index contributed by atoms with van der Waals surface area (Å²) in [6, 6.07) is 0. The Morgan fingerprint density at radius 1 is 0.647 bits per heavy atom. The topological polar surface area (TPSA) is 398 Å².